The smallest absolute Gasteiger partial charge is 0.306 e. The number of aromatic nitrogens is 1. The van der Waals surface area contributed by atoms with E-state index >= 15 is 0 Å². The van der Waals surface area contributed by atoms with Gasteiger partial charge in [0.2, 0.25) is 5.91 Å². The zero-order valence-corrected chi connectivity index (χ0v) is 12.0. The average molecular weight is 280 g/mol. The van der Waals surface area contributed by atoms with E-state index in [4.69, 9.17) is 9.63 Å². The molecule has 1 amide bonds. The van der Waals surface area contributed by atoms with E-state index in [0.29, 0.717) is 25.1 Å². The molecule has 0 radical (unpaired) electrons. The van der Waals surface area contributed by atoms with Crippen LogP contribution in [0.25, 0.3) is 0 Å². The van der Waals surface area contributed by atoms with Crippen LogP contribution in [0.2, 0.25) is 0 Å². The van der Waals surface area contributed by atoms with Crippen molar-refractivity contribution in [3.05, 3.63) is 17.0 Å². The zero-order valence-electron chi connectivity index (χ0n) is 12.0. The second kappa shape index (κ2) is 5.64. The largest absolute Gasteiger partial charge is 0.481 e. The lowest BCUT2D eigenvalue weighted by atomic mass is 9.91. The van der Waals surface area contributed by atoms with Crippen molar-refractivity contribution in [1.29, 1.82) is 0 Å². The molecule has 6 heteroatoms. The van der Waals surface area contributed by atoms with Crippen LogP contribution in [-0.2, 0) is 16.0 Å². The number of carboxylic acid groups (broad SMARTS) is 1. The third kappa shape index (κ3) is 2.84. The lowest BCUT2D eigenvalue weighted by molar-refractivity contribution is -0.147. The molecular weight excluding hydrogens is 260 g/mol. The zero-order chi connectivity index (χ0) is 14.9. The molecule has 0 aromatic carbocycles. The standard InChI is InChI=1S/C14H20N2O4/c1-8-6-11(14(18)19)4-5-16(8)13(17)7-12-9(2)15-20-10(12)3/h8,11H,4-7H2,1-3H3,(H,18,19). The number of hydrogen-bond donors (Lipinski definition) is 1. The first kappa shape index (κ1) is 14.6. The number of aliphatic carboxylic acids is 1. The fraction of sp³-hybridized carbons (Fsp3) is 0.643. The van der Waals surface area contributed by atoms with E-state index in [9.17, 15) is 9.59 Å². The number of carbonyl (C=O) groups is 2. The van der Waals surface area contributed by atoms with Crippen molar-refractivity contribution in [2.75, 3.05) is 6.54 Å². The molecule has 20 heavy (non-hydrogen) atoms. The molecule has 1 aromatic rings. The first-order valence-electron chi connectivity index (χ1n) is 6.84. The second-order valence-corrected chi connectivity index (χ2v) is 5.48. The molecule has 0 aliphatic carbocycles. The highest BCUT2D eigenvalue weighted by molar-refractivity contribution is 5.80. The fourth-order valence-corrected chi connectivity index (χ4v) is 2.77. The molecule has 2 atom stereocenters. The van der Waals surface area contributed by atoms with Crippen LogP contribution >= 0.6 is 0 Å². The molecule has 0 saturated carbocycles. The maximum Gasteiger partial charge on any atom is 0.306 e. The Morgan fingerprint density at radius 1 is 1.45 bits per heavy atom. The van der Waals surface area contributed by atoms with Crippen molar-refractivity contribution < 1.29 is 19.2 Å². The Balaban J connectivity index is 2.02. The van der Waals surface area contributed by atoms with Gasteiger partial charge in [-0.3, -0.25) is 9.59 Å². The summed E-state index contributed by atoms with van der Waals surface area (Å²) in [4.78, 5) is 25.1. The lowest BCUT2D eigenvalue weighted by Gasteiger charge is -2.36. The van der Waals surface area contributed by atoms with Gasteiger partial charge in [-0.2, -0.15) is 0 Å². The number of hydrogen-bond acceptors (Lipinski definition) is 4. The summed E-state index contributed by atoms with van der Waals surface area (Å²) in [5, 5.41) is 12.9. The molecule has 110 valence electrons. The van der Waals surface area contributed by atoms with Crippen molar-refractivity contribution in [2.45, 2.75) is 46.1 Å². The number of piperidine rings is 1. The van der Waals surface area contributed by atoms with E-state index in [-0.39, 0.29) is 24.3 Å². The monoisotopic (exact) mass is 280 g/mol. The number of aryl methyl sites for hydroxylation is 2. The molecule has 0 bridgehead atoms. The van der Waals surface area contributed by atoms with Crippen LogP contribution in [-0.4, -0.2) is 39.6 Å². The second-order valence-electron chi connectivity index (χ2n) is 5.48. The van der Waals surface area contributed by atoms with E-state index in [2.05, 4.69) is 5.16 Å². The number of rotatable bonds is 3. The number of amides is 1. The topological polar surface area (TPSA) is 83.6 Å². The normalized spacial score (nSPS) is 22.9. The molecule has 1 aliphatic rings. The first-order chi connectivity index (χ1) is 9.40. The quantitative estimate of drug-likeness (QED) is 0.908. The van der Waals surface area contributed by atoms with Crippen LogP contribution in [0, 0.1) is 19.8 Å². The predicted molar refractivity (Wildman–Crippen MR) is 71.2 cm³/mol. The fourth-order valence-electron chi connectivity index (χ4n) is 2.77. The summed E-state index contributed by atoms with van der Waals surface area (Å²) in [7, 11) is 0. The summed E-state index contributed by atoms with van der Waals surface area (Å²) in [5.41, 5.74) is 1.58. The van der Waals surface area contributed by atoms with E-state index in [0.717, 1.165) is 11.3 Å². The number of nitrogens with zero attached hydrogens (tertiary/aromatic N) is 2. The van der Waals surface area contributed by atoms with Crippen molar-refractivity contribution in [2.24, 2.45) is 5.92 Å². The maximum atomic E-state index is 12.4. The third-order valence-corrected chi connectivity index (χ3v) is 4.05. The van der Waals surface area contributed by atoms with Crippen LogP contribution in [0.1, 0.15) is 36.8 Å². The third-order valence-electron chi connectivity index (χ3n) is 4.05. The highest BCUT2D eigenvalue weighted by Crippen LogP contribution is 2.24. The molecular formula is C14H20N2O4. The average Bonchev–Trinajstić information content (AvgIpc) is 2.70. The molecule has 2 unspecified atom stereocenters. The van der Waals surface area contributed by atoms with E-state index in [1.807, 2.05) is 13.8 Å². The highest BCUT2D eigenvalue weighted by atomic mass is 16.5. The van der Waals surface area contributed by atoms with Crippen molar-refractivity contribution in [3.63, 3.8) is 0 Å². The lowest BCUT2D eigenvalue weighted by Crippen LogP contribution is -2.46. The molecule has 2 rings (SSSR count). The first-order valence-corrected chi connectivity index (χ1v) is 6.84. The van der Waals surface area contributed by atoms with Gasteiger partial charge in [-0.25, -0.2) is 0 Å². The van der Waals surface area contributed by atoms with Crippen LogP contribution < -0.4 is 0 Å². The summed E-state index contributed by atoms with van der Waals surface area (Å²) in [6.07, 6.45) is 1.30. The van der Waals surface area contributed by atoms with Crippen LogP contribution in [0.3, 0.4) is 0 Å². The highest BCUT2D eigenvalue weighted by Gasteiger charge is 2.32. The molecule has 6 nitrogen and oxygen atoms in total. The SMILES string of the molecule is Cc1noc(C)c1CC(=O)N1CCC(C(=O)O)CC1C. The van der Waals surface area contributed by atoms with Crippen LogP contribution in [0.4, 0.5) is 0 Å². The van der Waals surface area contributed by atoms with Crippen molar-refractivity contribution in [3.8, 4) is 0 Å². The summed E-state index contributed by atoms with van der Waals surface area (Å²) >= 11 is 0. The molecule has 1 fully saturated rings. The van der Waals surface area contributed by atoms with E-state index in [1.165, 1.54) is 0 Å². The van der Waals surface area contributed by atoms with Gasteiger partial charge in [0.15, 0.2) is 0 Å². The van der Waals surface area contributed by atoms with Crippen molar-refractivity contribution in [1.82, 2.24) is 10.1 Å². The minimum atomic E-state index is -0.769. The Kier molecular flexibility index (Phi) is 4.11. The van der Waals surface area contributed by atoms with Gasteiger partial charge in [0, 0.05) is 18.2 Å². The molecule has 1 N–H and O–H groups in total. The van der Waals surface area contributed by atoms with Gasteiger partial charge in [-0.05, 0) is 33.6 Å². The van der Waals surface area contributed by atoms with Gasteiger partial charge >= 0.3 is 5.97 Å². The Labute approximate surface area is 117 Å². The van der Waals surface area contributed by atoms with Gasteiger partial charge in [-0.15, -0.1) is 0 Å². The number of carbonyl (C=O) groups excluding carboxylic acids is 1. The Morgan fingerprint density at radius 2 is 2.15 bits per heavy atom. The summed E-state index contributed by atoms with van der Waals surface area (Å²) in [6.45, 7) is 6.02. The Hall–Kier alpha value is -1.85. The number of carboxylic acids is 1. The molecule has 1 saturated heterocycles. The van der Waals surface area contributed by atoms with Gasteiger partial charge < -0.3 is 14.5 Å². The van der Waals surface area contributed by atoms with Crippen molar-refractivity contribution >= 4 is 11.9 Å². The van der Waals surface area contributed by atoms with Gasteiger partial charge in [0.1, 0.15) is 5.76 Å². The maximum absolute atomic E-state index is 12.4. The van der Waals surface area contributed by atoms with Crippen LogP contribution in [0.15, 0.2) is 4.52 Å². The van der Waals surface area contributed by atoms with Crippen LogP contribution in [0.5, 0.6) is 0 Å². The molecule has 1 aromatic heterocycles. The number of likely N-dealkylation sites (tertiary alicyclic amines) is 1. The summed E-state index contributed by atoms with van der Waals surface area (Å²) in [6, 6.07) is -0.0437. The Morgan fingerprint density at radius 3 is 2.65 bits per heavy atom. The van der Waals surface area contributed by atoms with Gasteiger partial charge in [0.05, 0.1) is 18.0 Å². The summed E-state index contributed by atoms with van der Waals surface area (Å²) < 4.78 is 5.06. The Bertz CT molecular complexity index is 504. The minimum absolute atomic E-state index is 0.00994. The molecule has 1 aliphatic heterocycles. The minimum Gasteiger partial charge on any atom is -0.481 e. The molecule has 2 heterocycles. The molecule has 0 spiro atoms. The summed E-state index contributed by atoms with van der Waals surface area (Å²) in [5.74, 6) is -0.428. The van der Waals surface area contributed by atoms with Gasteiger partial charge in [-0.1, -0.05) is 5.16 Å². The van der Waals surface area contributed by atoms with E-state index in [1.54, 1.807) is 11.8 Å². The van der Waals surface area contributed by atoms with Gasteiger partial charge in [0.25, 0.3) is 0 Å². The predicted octanol–water partition coefficient (Wildman–Crippen LogP) is 1.55. The van der Waals surface area contributed by atoms with E-state index < -0.39 is 5.97 Å².